The second-order valence-corrected chi connectivity index (χ2v) is 6.91. The minimum Gasteiger partial charge on any atom is -0.445 e. The molecule has 0 aromatic heterocycles. The van der Waals surface area contributed by atoms with Gasteiger partial charge in [0.05, 0.1) is 12.4 Å². The van der Waals surface area contributed by atoms with Gasteiger partial charge >= 0.3 is 6.09 Å². The van der Waals surface area contributed by atoms with Gasteiger partial charge in [-0.1, -0.05) is 30.3 Å². The highest BCUT2D eigenvalue weighted by Crippen LogP contribution is 2.05. The molecule has 0 heterocycles. The second kappa shape index (κ2) is 8.06. The van der Waals surface area contributed by atoms with Gasteiger partial charge in [-0.2, -0.15) is 0 Å². The molecule has 112 valence electrons. The summed E-state index contributed by atoms with van der Waals surface area (Å²) in [7, 11) is 1.25. The molecule has 8 heteroatoms. The first-order chi connectivity index (χ1) is 9.40. The third-order valence-corrected chi connectivity index (χ3v) is 3.57. The van der Waals surface area contributed by atoms with Crippen LogP contribution >= 0.6 is 10.7 Å². The summed E-state index contributed by atoms with van der Waals surface area (Å²) in [6.07, 6.45) is -0.959. The smallest absolute Gasteiger partial charge is 0.407 e. The number of nitrogens with one attached hydrogen (secondary N) is 1. The van der Waals surface area contributed by atoms with Gasteiger partial charge in [0.1, 0.15) is 6.61 Å². The van der Waals surface area contributed by atoms with E-state index in [-0.39, 0.29) is 13.0 Å². The van der Waals surface area contributed by atoms with E-state index in [4.69, 9.17) is 15.4 Å². The van der Waals surface area contributed by atoms with E-state index in [1.165, 1.54) is 0 Å². The number of benzene rings is 1. The molecule has 1 unspecified atom stereocenters. The molecule has 0 saturated heterocycles. The molecule has 1 amide bonds. The molecular formula is C12H15ClFNO4S. The van der Waals surface area contributed by atoms with Crippen LogP contribution in [0.5, 0.6) is 0 Å². The van der Waals surface area contributed by atoms with Crippen molar-refractivity contribution in [3.63, 3.8) is 0 Å². The topological polar surface area (TPSA) is 72.5 Å². The van der Waals surface area contributed by atoms with Crippen LogP contribution < -0.4 is 5.32 Å². The maximum absolute atomic E-state index is 12.3. The number of halogens is 2. The van der Waals surface area contributed by atoms with Crippen LogP contribution in [0.3, 0.4) is 0 Å². The predicted octanol–water partition coefficient (Wildman–Crippen LogP) is 2.21. The molecule has 1 N–H and O–H groups in total. The highest BCUT2D eigenvalue weighted by molar-refractivity contribution is 8.13. The lowest BCUT2D eigenvalue weighted by atomic mass is 10.2. The van der Waals surface area contributed by atoms with E-state index < -0.39 is 33.6 Å². The number of rotatable bonds is 7. The molecule has 0 fully saturated rings. The van der Waals surface area contributed by atoms with Gasteiger partial charge in [-0.15, -0.1) is 0 Å². The summed E-state index contributed by atoms with van der Waals surface area (Å²) < 4.78 is 39.1. The highest BCUT2D eigenvalue weighted by Gasteiger charge is 2.19. The lowest BCUT2D eigenvalue weighted by Crippen LogP contribution is -2.39. The van der Waals surface area contributed by atoms with Gasteiger partial charge in [-0.25, -0.2) is 13.2 Å². The molecular weight excluding hydrogens is 309 g/mol. The largest absolute Gasteiger partial charge is 0.445 e. The first kappa shape index (κ1) is 16.7. The third kappa shape index (κ3) is 7.30. The van der Waals surface area contributed by atoms with Crippen LogP contribution in [0.1, 0.15) is 12.0 Å². The van der Waals surface area contributed by atoms with Gasteiger partial charge in [0.2, 0.25) is 9.05 Å². The quantitative estimate of drug-likeness (QED) is 0.781. The van der Waals surface area contributed by atoms with E-state index in [1.807, 2.05) is 6.07 Å². The fourth-order valence-corrected chi connectivity index (χ4v) is 2.69. The van der Waals surface area contributed by atoms with Gasteiger partial charge in [0, 0.05) is 16.7 Å². The zero-order valence-corrected chi connectivity index (χ0v) is 12.2. The number of amides is 1. The van der Waals surface area contributed by atoms with Crippen molar-refractivity contribution in [2.24, 2.45) is 0 Å². The Morgan fingerprint density at radius 2 is 2.00 bits per heavy atom. The third-order valence-electron chi connectivity index (χ3n) is 2.39. The van der Waals surface area contributed by atoms with Crippen LogP contribution in [0.15, 0.2) is 30.3 Å². The van der Waals surface area contributed by atoms with E-state index in [0.717, 1.165) is 5.56 Å². The number of hydrogen-bond donors (Lipinski definition) is 1. The van der Waals surface area contributed by atoms with Gasteiger partial charge in [-0.05, 0) is 12.0 Å². The lowest BCUT2D eigenvalue weighted by Gasteiger charge is -2.15. The van der Waals surface area contributed by atoms with Crippen molar-refractivity contribution in [1.82, 2.24) is 5.32 Å². The second-order valence-electron chi connectivity index (χ2n) is 4.09. The predicted molar refractivity (Wildman–Crippen MR) is 73.8 cm³/mol. The summed E-state index contributed by atoms with van der Waals surface area (Å²) in [5, 5.41) is 2.28. The summed E-state index contributed by atoms with van der Waals surface area (Å²) in [5.41, 5.74) is 0.787. The van der Waals surface area contributed by atoms with Crippen molar-refractivity contribution in [2.75, 3.05) is 12.4 Å². The van der Waals surface area contributed by atoms with Crippen LogP contribution in [-0.2, 0) is 20.4 Å². The highest BCUT2D eigenvalue weighted by atomic mass is 35.7. The minimum atomic E-state index is -3.82. The van der Waals surface area contributed by atoms with Gasteiger partial charge < -0.3 is 10.1 Å². The Morgan fingerprint density at radius 1 is 1.35 bits per heavy atom. The number of carbonyl (C=O) groups is 1. The molecule has 0 aliphatic carbocycles. The standard InChI is InChI=1S/C12H15ClFNO4S/c13-20(17,18)9-11(6-7-14)15-12(16)19-8-10-4-2-1-3-5-10/h1-5,11H,6-9H2,(H,15,16). The summed E-state index contributed by atoms with van der Waals surface area (Å²) in [6.45, 7) is -0.724. The molecule has 1 rings (SSSR count). The summed E-state index contributed by atoms with van der Waals surface area (Å²) >= 11 is 0. The molecule has 1 aromatic carbocycles. The van der Waals surface area contributed by atoms with E-state index in [2.05, 4.69) is 5.32 Å². The molecule has 0 spiro atoms. The molecule has 1 atom stereocenters. The Hall–Kier alpha value is -1.34. The zero-order valence-electron chi connectivity index (χ0n) is 10.6. The summed E-state index contributed by atoms with van der Waals surface area (Å²) in [4.78, 5) is 11.5. The molecule has 0 bridgehead atoms. The van der Waals surface area contributed by atoms with Crippen molar-refractivity contribution in [3.05, 3.63) is 35.9 Å². The Morgan fingerprint density at radius 3 is 2.55 bits per heavy atom. The monoisotopic (exact) mass is 323 g/mol. The SMILES string of the molecule is O=C(NC(CCF)CS(=O)(=O)Cl)OCc1ccccc1. The molecule has 5 nitrogen and oxygen atoms in total. The van der Waals surface area contributed by atoms with E-state index in [0.29, 0.717) is 0 Å². The van der Waals surface area contributed by atoms with E-state index >= 15 is 0 Å². The average Bonchev–Trinajstić information content (AvgIpc) is 2.36. The minimum absolute atomic E-state index is 0.0443. The van der Waals surface area contributed by atoms with Gasteiger partial charge in [0.25, 0.3) is 0 Å². The summed E-state index contributed by atoms with van der Waals surface area (Å²) in [6, 6.07) is 8.05. The number of carbonyl (C=O) groups excluding carboxylic acids is 1. The number of alkyl carbamates (subject to hydrolysis) is 1. The number of ether oxygens (including phenoxy) is 1. The van der Waals surface area contributed by atoms with E-state index in [1.54, 1.807) is 24.3 Å². The molecule has 1 aromatic rings. The maximum Gasteiger partial charge on any atom is 0.407 e. The Labute approximate surface area is 121 Å². The zero-order chi connectivity index (χ0) is 15.0. The van der Waals surface area contributed by atoms with Gasteiger partial charge in [-0.3, -0.25) is 4.39 Å². The van der Waals surface area contributed by atoms with Gasteiger partial charge in [0.15, 0.2) is 0 Å². The fraction of sp³-hybridized carbons (Fsp3) is 0.417. The van der Waals surface area contributed by atoms with Crippen LogP contribution in [-0.4, -0.2) is 33.0 Å². The lowest BCUT2D eigenvalue weighted by molar-refractivity contribution is 0.135. The average molecular weight is 324 g/mol. The first-order valence-corrected chi connectivity index (χ1v) is 8.34. The Bertz CT molecular complexity index is 524. The van der Waals surface area contributed by atoms with Crippen LogP contribution in [0.25, 0.3) is 0 Å². The fourth-order valence-electron chi connectivity index (χ4n) is 1.50. The van der Waals surface area contributed by atoms with Crippen LogP contribution in [0.2, 0.25) is 0 Å². The molecule has 0 radical (unpaired) electrons. The van der Waals surface area contributed by atoms with Crippen molar-refractivity contribution < 1.29 is 22.3 Å². The number of alkyl halides is 1. The van der Waals surface area contributed by atoms with Crippen molar-refractivity contribution >= 4 is 25.8 Å². The first-order valence-electron chi connectivity index (χ1n) is 5.86. The van der Waals surface area contributed by atoms with Crippen molar-refractivity contribution in [1.29, 1.82) is 0 Å². The molecule has 0 aliphatic heterocycles. The Kier molecular flexibility index (Phi) is 6.74. The maximum atomic E-state index is 12.3. The number of hydrogen-bond acceptors (Lipinski definition) is 4. The van der Waals surface area contributed by atoms with Crippen LogP contribution in [0.4, 0.5) is 9.18 Å². The molecule has 0 saturated carbocycles. The Balaban J connectivity index is 2.45. The molecule has 0 aliphatic rings. The van der Waals surface area contributed by atoms with Crippen molar-refractivity contribution in [2.45, 2.75) is 19.1 Å². The van der Waals surface area contributed by atoms with Crippen molar-refractivity contribution in [3.8, 4) is 0 Å². The van der Waals surface area contributed by atoms with Crippen LogP contribution in [0, 0.1) is 0 Å². The summed E-state index contributed by atoms with van der Waals surface area (Å²) in [5.74, 6) is -0.543. The normalized spacial score (nSPS) is 12.7. The molecule has 20 heavy (non-hydrogen) atoms. The van der Waals surface area contributed by atoms with E-state index in [9.17, 15) is 17.6 Å².